The number of nitrogens with zero attached hydrogens (tertiary/aromatic N) is 1. The third-order valence-electron chi connectivity index (χ3n) is 4.46. The smallest absolute Gasteiger partial charge is 0.240 e. The summed E-state index contributed by atoms with van der Waals surface area (Å²) in [5.41, 5.74) is 6.25. The van der Waals surface area contributed by atoms with Crippen molar-refractivity contribution in [2.24, 2.45) is 5.10 Å². The van der Waals surface area contributed by atoms with Gasteiger partial charge in [-0.3, -0.25) is 9.59 Å². The molecule has 0 aliphatic carbocycles. The van der Waals surface area contributed by atoms with Crippen LogP contribution in [-0.2, 0) is 9.59 Å². The van der Waals surface area contributed by atoms with Crippen molar-refractivity contribution < 1.29 is 9.59 Å². The predicted molar refractivity (Wildman–Crippen MR) is 113 cm³/mol. The number of hydrogen-bond acceptors (Lipinski definition) is 3. The molecule has 5 nitrogen and oxygen atoms in total. The van der Waals surface area contributed by atoms with Gasteiger partial charge in [-0.05, 0) is 41.8 Å². The molecule has 5 heteroatoms. The van der Waals surface area contributed by atoms with E-state index in [1.807, 2.05) is 74.5 Å². The zero-order valence-corrected chi connectivity index (χ0v) is 16.0. The van der Waals surface area contributed by atoms with E-state index >= 15 is 0 Å². The highest BCUT2D eigenvalue weighted by atomic mass is 16.2. The number of aryl methyl sites for hydroxylation is 2. The first-order valence-corrected chi connectivity index (χ1v) is 9.20. The van der Waals surface area contributed by atoms with Crippen molar-refractivity contribution in [2.75, 3.05) is 5.32 Å². The summed E-state index contributed by atoms with van der Waals surface area (Å²) in [7, 11) is 0. The van der Waals surface area contributed by atoms with Crippen LogP contribution in [-0.4, -0.2) is 18.0 Å². The molecule has 0 saturated heterocycles. The molecule has 0 fully saturated rings. The number of benzene rings is 3. The minimum Gasteiger partial charge on any atom is -0.326 e. The second-order valence-electron chi connectivity index (χ2n) is 6.73. The van der Waals surface area contributed by atoms with Gasteiger partial charge in [0.15, 0.2) is 0 Å². The number of carbonyl (C=O) groups excluding carboxylic acids is 2. The number of rotatable bonds is 6. The lowest BCUT2D eigenvalue weighted by molar-refractivity contribution is -0.124. The molecule has 0 saturated carbocycles. The van der Waals surface area contributed by atoms with Gasteiger partial charge in [-0.2, -0.15) is 5.10 Å². The predicted octanol–water partition coefficient (Wildman–Crippen LogP) is 4.33. The van der Waals surface area contributed by atoms with E-state index in [9.17, 15) is 9.59 Å². The number of carbonyl (C=O) groups is 2. The van der Waals surface area contributed by atoms with Crippen LogP contribution in [0.5, 0.6) is 0 Å². The minimum absolute atomic E-state index is 0.0730. The summed E-state index contributed by atoms with van der Waals surface area (Å²) in [5, 5.41) is 9.05. The quantitative estimate of drug-likeness (QED) is 0.499. The Bertz CT molecular complexity index is 1040. The van der Waals surface area contributed by atoms with Crippen LogP contribution < -0.4 is 10.7 Å². The molecule has 2 N–H and O–H groups in total. The molecule has 0 unspecified atom stereocenters. The molecule has 0 aromatic heterocycles. The van der Waals surface area contributed by atoms with E-state index in [2.05, 4.69) is 15.8 Å². The van der Waals surface area contributed by atoms with E-state index in [1.54, 1.807) is 6.21 Å². The molecule has 0 spiro atoms. The summed E-state index contributed by atoms with van der Waals surface area (Å²) < 4.78 is 0. The molecular weight excluding hydrogens is 350 g/mol. The molecule has 3 rings (SSSR count). The van der Waals surface area contributed by atoms with Gasteiger partial charge < -0.3 is 5.32 Å². The van der Waals surface area contributed by atoms with Crippen molar-refractivity contribution in [3.63, 3.8) is 0 Å². The second-order valence-corrected chi connectivity index (χ2v) is 6.73. The average molecular weight is 373 g/mol. The molecule has 28 heavy (non-hydrogen) atoms. The SMILES string of the molecule is Cc1ccc(C)c(NC(=O)CCC(=O)NN=Cc2cccc3ccccc23)c1. The largest absolute Gasteiger partial charge is 0.326 e. The molecule has 0 atom stereocenters. The number of amides is 2. The fraction of sp³-hybridized carbons (Fsp3) is 0.174. The first-order valence-electron chi connectivity index (χ1n) is 9.20. The lowest BCUT2D eigenvalue weighted by Crippen LogP contribution is -2.21. The number of nitrogens with one attached hydrogen (secondary N) is 2. The third kappa shape index (κ3) is 5.04. The molecule has 3 aromatic carbocycles. The Balaban J connectivity index is 1.51. The topological polar surface area (TPSA) is 70.6 Å². The van der Waals surface area contributed by atoms with Crippen molar-refractivity contribution in [2.45, 2.75) is 26.7 Å². The first-order chi connectivity index (χ1) is 13.5. The van der Waals surface area contributed by atoms with E-state index in [-0.39, 0.29) is 24.7 Å². The van der Waals surface area contributed by atoms with Gasteiger partial charge in [-0.15, -0.1) is 0 Å². The molecule has 0 radical (unpaired) electrons. The molecule has 2 amide bonds. The Kier molecular flexibility index (Phi) is 6.17. The normalized spacial score (nSPS) is 10.9. The summed E-state index contributed by atoms with van der Waals surface area (Å²) >= 11 is 0. The van der Waals surface area contributed by atoms with Gasteiger partial charge in [0.2, 0.25) is 11.8 Å². The molecule has 0 bridgehead atoms. The van der Waals surface area contributed by atoms with Gasteiger partial charge in [-0.1, -0.05) is 54.6 Å². The van der Waals surface area contributed by atoms with Crippen LogP contribution in [0.15, 0.2) is 65.8 Å². The van der Waals surface area contributed by atoms with Crippen LogP contribution in [0.25, 0.3) is 10.8 Å². The summed E-state index contributed by atoms with van der Waals surface area (Å²) in [6.07, 6.45) is 1.79. The van der Waals surface area contributed by atoms with Gasteiger partial charge in [0.05, 0.1) is 6.21 Å². The highest BCUT2D eigenvalue weighted by Crippen LogP contribution is 2.17. The van der Waals surface area contributed by atoms with Crippen LogP contribution in [0.4, 0.5) is 5.69 Å². The zero-order chi connectivity index (χ0) is 19.9. The number of hydrogen-bond donors (Lipinski definition) is 2. The van der Waals surface area contributed by atoms with E-state index < -0.39 is 0 Å². The summed E-state index contributed by atoms with van der Waals surface area (Å²) in [4.78, 5) is 24.1. The van der Waals surface area contributed by atoms with Crippen LogP contribution in [0, 0.1) is 13.8 Å². The Morgan fingerprint density at radius 3 is 2.54 bits per heavy atom. The van der Waals surface area contributed by atoms with Crippen molar-refractivity contribution >= 4 is 34.5 Å². The Labute approximate surface area is 164 Å². The van der Waals surface area contributed by atoms with Crippen LogP contribution in [0.3, 0.4) is 0 Å². The number of hydrazone groups is 1. The van der Waals surface area contributed by atoms with Crippen molar-refractivity contribution in [3.8, 4) is 0 Å². The van der Waals surface area contributed by atoms with E-state index in [1.165, 1.54) is 0 Å². The fourth-order valence-corrected chi connectivity index (χ4v) is 2.90. The van der Waals surface area contributed by atoms with E-state index in [0.29, 0.717) is 0 Å². The second kappa shape index (κ2) is 8.95. The molecule has 0 heterocycles. The lowest BCUT2D eigenvalue weighted by atomic mass is 10.1. The Morgan fingerprint density at radius 2 is 1.68 bits per heavy atom. The fourth-order valence-electron chi connectivity index (χ4n) is 2.90. The highest BCUT2D eigenvalue weighted by molar-refractivity contribution is 6.00. The monoisotopic (exact) mass is 373 g/mol. The van der Waals surface area contributed by atoms with Crippen molar-refractivity contribution in [1.82, 2.24) is 5.43 Å². The molecule has 0 aliphatic heterocycles. The van der Waals surface area contributed by atoms with Crippen molar-refractivity contribution in [1.29, 1.82) is 0 Å². The Hall–Kier alpha value is -3.47. The Morgan fingerprint density at radius 1 is 0.929 bits per heavy atom. The van der Waals surface area contributed by atoms with Crippen molar-refractivity contribution in [3.05, 3.63) is 77.4 Å². The van der Waals surface area contributed by atoms with E-state index in [4.69, 9.17) is 0 Å². The lowest BCUT2D eigenvalue weighted by Gasteiger charge is -2.09. The summed E-state index contributed by atoms with van der Waals surface area (Å²) in [6.45, 7) is 3.90. The molecule has 0 aliphatic rings. The first kappa shape index (κ1) is 19.3. The molecule has 142 valence electrons. The number of fused-ring (bicyclic) bond motifs is 1. The van der Waals surface area contributed by atoms with Gasteiger partial charge in [0.25, 0.3) is 0 Å². The minimum atomic E-state index is -0.299. The highest BCUT2D eigenvalue weighted by Gasteiger charge is 2.08. The molecular formula is C23H23N3O2. The number of anilines is 1. The van der Waals surface area contributed by atoms with Crippen LogP contribution >= 0.6 is 0 Å². The molecule has 3 aromatic rings. The summed E-state index contributed by atoms with van der Waals surface area (Å²) in [5.74, 6) is -0.491. The maximum absolute atomic E-state index is 12.1. The van der Waals surface area contributed by atoms with Gasteiger partial charge in [-0.25, -0.2) is 5.43 Å². The van der Waals surface area contributed by atoms with Gasteiger partial charge >= 0.3 is 0 Å². The standard InChI is InChI=1S/C23H23N3O2/c1-16-10-11-17(2)21(14-16)25-22(27)12-13-23(28)26-24-15-19-8-5-7-18-6-3-4-9-20(18)19/h3-11,14-15H,12-13H2,1-2H3,(H,25,27)(H,26,28). The van der Waals surface area contributed by atoms with E-state index in [0.717, 1.165) is 33.2 Å². The zero-order valence-electron chi connectivity index (χ0n) is 16.0. The van der Waals surface area contributed by atoms with Gasteiger partial charge in [0, 0.05) is 24.1 Å². The average Bonchev–Trinajstić information content (AvgIpc) is 2.69. The maximum Gasteiger partial charge on any atom is 0.240 e. The third-order valence-corrected chi connectivity index (χ3v) is 4.46. The van der Waals surface area contributed by atoms with Crippen LogP contribution in [0.2, 0.25) is 0 Å². The van der Waals surface area contributed by atoms with Gasteiger partial charge in [0.1, 0.15) is 0 Å². The summed E-state index contributed by atoms with van der Waals surface area (Å²) in [6, 6.07) is 19.8. The van der Waals surface area contributed by atoms with Crippen LogP contribution in [0.1, 0.15) is 29.5 Å². The maximum atomic E-state index is 12.1.